The third kappa shape index (κ3) is 2.87. The first-order valence-electron chi connectivity index (χ1n) is 5.09. The van der Waals surface area contributed by atoms with Gasteiger partial charge in [0.2, 0.25) is 0 Å². The number of hydrogen-bond donors (Lipinski definition) is 3. The van der Waals surface area contributed by atoms with Crippen LogP contribution in [0, 0.1) is 0 Å². The average Bonchev–Trinajstić information content (AvgIpc) is 2.66. The van der Waals surface area contributed by atoms with E-state index < -0.39 is 6.03 Å². The SMILES string of the molecule is Cl.NC(=O)N[C@H]1CNC[C@@H]1c1ccccc1. The number of amides is 2. The molecule has 0 bridgehead atoms. The minimum Gasteiger partial charge on any atom is -0.352 e. The number of primary amides is 1. The lowest BCUT2D eigenvalue weighted by Crippen LogP contribution is -2.42. The molecular formula is C11H16ClN3O. The number of nitrogens with one attached hydrogen (secondary N) is 2. The molecule has 16 heavy (non-hydrogen) atoms. The molecule has 0 unspecified atom stereocenters. The topological polar surface area (TPSA) is 67.2 Å². The summed E-state index contributed by atoms with van der Waals surface area (Å²) in [6, 6.07) is 9.81. The van der Waals surface area contributed by atoms with E-state index in [0.29, 0.717) is 5.92 Å². The summed E-state index contributed by atoms with van der Waals surface area (Å²) < 4.78 is 0. The Morgan fingerprint density at radius 1 is 1.31 bits per heavy atom. The van der Waals surface area contributed by atoms with Crippen LogP contribution in [-0.2, 0) is 0 Å². The number of benzene rings is 1. The predicted octanol–water partition coefficient (Wildman–Crippen LogP) is 0.832. The molecule has 4 N–H and O–H groups in total. The molecule has 0 radical (unpaired) electrons. The Morgan fingerprint density at radius 2 is 2.00 bits per heavy atom. The van der Waals surface area contributed by atoms with E-state index in [0.717, 1.165) is 13.1 Å². The normalized spacial score (nSPS) is 23.5. The molecule has 0 spiro atoms. The zero-order chi connectivity index (χ0) is 10.7. The highest BCUT2D eigenvalue weighted by Gasteiger charge is 2.28. The third-order valence-corrected chi connectivity index (χ3v) is 2.77. The van der Waals surface area contributed by atoms with E-state index in [4.69, 9.17) is 5.73 Å². The quantitative estimate of drug-likeness (QED) is 0.718. The van der Waals surface area contributed by atoms with Crippen molar-refractivity contribution in [3.8, 4) is 0 Å². The Kier molecular flexibility index (Phi) is 4.58. The van der Waals surface area contributed by atoms with Gasteiger partial charge in [0.1, 0.15) is 0 Å². The fourth-order valence-corrected chi connectivity index (χ4v) is 2.06. The Hall–Kier alpha value is -1.26. The lowest BCUT2D eigenvalue weighted by molar-refractivity contribution is 0.245. The largest absolute Gasteiger partial charge is 0.352 e. The maximum atomic E-state index is 10.8. The molecule has 1 heterocycles. The zero-order valence-corrected chi connectivity index (χ0v) is 9.67. The van der Waals surface area contributed by atoms with Crippen LogP contribution in [0.4, 0.5) is 4.79 Å². The van der Waals surface area contributed by atoms with Gasteiger partial charge in [0.25, 0.3) is 0 Å². The highest BCUT2D eigenvalue weighted by atomic mass is 35.5. The fraction of sp³-hybridized carbons (Fsp3) is 0.364. The molecule has 0 saturated carbocycles. The van der Waals surface area contributed by atoms with Gasteiger partial charge in [0, 0.05) is 19.0 Å². The van der Waals surface area contributed by atoms with Gasteiger partial charge in [-0.15, -0.1) is 12.4 Å². The zero-order valence-electron chi connectivity index (χ0n) is 8.85. The second-order valence-corrected chi connectivity index (χ2v) is 3.79. The van der Waals surface area contributed by atoms with Crippen molar-refractivity contribution in [1.82, 2.24) is 10.6 Å². The van der Waals surface area contributed by atoms with E-state index in [9.17, 15) is 4.79 Å². The molecule has 1 aromatic rings. The Morgan fingerprint density at radius 3 is 2.62 bits per heavy atom. The van der Waals surface area contributed by atoms with Crippen LogP contribution >= 0.6 is 12.4 Å². The smallest absolute Gasteiger partial charge is 0.312 e. The van der Waals surface area contributed by atoms with Crippen LogP contribution in [0.25, 0.3) is 0 Å². The van der Waals surface area contributed by atoms with Gasteiger partial charge in [-0.3, -0.25) is 0 Å². The Balaban J connectivity index is 0.00000128. The molecule has 2 rings (SSSR count). The van der Waals surface area contributed by atoms with E-state index in [1.807, 2.05) is 18.2 Å². The summed E-state index contributed by atoms with van der Waals surface area (Å²) >= 11 is 0. The van der Waals surface area contributed by atoms with E-state index in [-0.39, 0.29) is 18.4 Å². The molecule has 2 atom stereocenters. The van der Waals surface area contributed by atoms with Gasteiger partial charge >= 0.3 is 6.03 Å². The summed E-state index contributed by atoms with van der Waals surface area (Å²) in [4.78, 5) is 10.8. The summed E-state index contributed by atoms with van der Waals surface area (Å²) in [6.07, 6.45) is 0. The van der Waals surface area contributed by atoms with Gasteiger partial charge in [-0.2, -0.15) is 0 Å². The number of hydrogen-bond acceptors (Lipinski definition) is 2. The van der Waals surface area contributed by atoms with Crippen LogP contribution < -0.4 is 16.4 Å². The van der Waals surface area contributed by atoms with Crippen LogP contribution in [0.5, 0.6) is 0 Å². The second-order valence-electron chi connectivity index (χ2n) is 3.79. The number of nitrogens with two attached hydrogens (primary N) is 1. The van der Waals surface area contributed by atoms with Gasteiger partial charge < -0.3 is 16.4 Å². The predicted molar refractivity (Wildman–Crippen MR) is 65.8 cm³/mol. The van der Waals surface area contributed by atoms with Crippen molar-refractivity contribution < 1.29 is 4.79 Å². The fourth-order valence-electron chi connectivity index (χ4n) is 2.06. The van der Waals surface area contributed by atoms with E-state index in [2.05, 4.69) is 22.8 Å². The Labute approximate surface area is 101 Å². The first kappa shape index (κ1) is 12.8. The summed E-state index contributed by atoms with van der Waals surface area (Å²) in [5, 5.41) is 6.02. The van der Waals surface area contributed by atoms with Gasteiger partial charge in [-0.25, -0.2) is 4.79 Å². The summed E-state index contributed by atoms with van der Waals surface area (Å²) in [5.41, 5.74) is 6.37. The van der Waals surface area contributed by atoms with Crippen molar-refractivity contribution >= 4 is 18.4 Å². The Bertz CT molecular complexity index is 344. The first-order chi connectivity index (χ1) is 7.27. The lowest BCUT2D eigenvalue weighted by atomic mass is 9.94. The van der Waals surface area contributed by atoms with Crippen molar-refractivity contribution in [1.29, 1.82) is 0 Å². The number of rotatable bonds is 2. The summed E-state index contributed by atoms with van der Waals surface area (Å²) in [7, 11) is 0. The van der Waals surface area contributed by atoms with Crippen LogP contribution in [-0.4, -0.2) is 25.2 Å². The molecule has 1 saturated heterocycles. The number of urea groups is 1. The molecule has 0 aliphatic carbocycles. The summed E-state index contributed by atoms with van der Waals surface area (Å²) in [6.45, 7) is 1.66. The molecule has 1 aliphatic rings. The molecule has 1 fully saturated rings. The summed E-state index contributed by atoms with van der Waals surface area (Å²) in [5.74, 6) is 0.318. The second kappa shape index (κ2) is 5.72. The van der Waals surface area contributed by atoms with E-state index in [1.165, 1.54) is 5.56 Å². The van der Waals surface area contributed by atoms with Gasteiger partial charge in [0.15, 0.2) is 0 Å². The third-order valence-electron chi connectivity index (χ3n) is 2.77. The molecule has 5 heteroatoms. The minimum absolute atomic E-state index is 0. The standard InChI is InChI=1S/C11H15N3O.ClH/c12-11(15)14-10-7-13-6-9(10)8-4-2-1-3-5-8;/h1-5,9-10,13H,6-7H2,(H3,12,14,15);1H/t9-,10+;/m1./s1. The molecular weight excluding hydrogens is 226 g/mol. The van der Waals surface area contributed by atoms with Crippen molar-refractivity contribution in [2.75, 3.05) is 13.1 Å². The maximum absolute atomic E-state index is 10.8. The average molecular weight is 242 g/mol. The first-order valence-corrected chi connectivity index (χ1v) is 5.09. The highest BCUT2D eigenvalue weighted by molar-refractivity contribution is 5.85. The lowest BCUT2D eigenvalue weighted by Gasteiger charge is -2.19. The molecule has 4 nitrogen and oxygen atoms in total. The maximum Gasteiger partial charge on any atom is 0.312 e. The van der Waals surface area contributed by atoms with Crippen LogP contribution in [0.3, 0.4) is 0 Å². The number of carbonyl (C=O) groups excluding carboxylic acids is 1. The van der Waals surface area contributed by atoms with Crippen LogP contribution in [0.2, 0.25) is 0 Å². The van der Waals surface area contributed by atoms with E-state index in [1.54, 1.807) is 0 Å². The van der Waals surface area contributed by atoms with E-state index >= 15 is 0 Å². The van der Waals surface area contributed by atoms with Crippen molar-refractivity contribution in [2.45, 2.75) is 12.0 Å². The number of carbonyl (C=O) groups is 1. The number of halogens is 1. The van der Waals surface area contributed by atoms with Crippen molar-refractivity contribution in [3.63, 3.8) is 0 Å². The van der Waals surface area contributed by atoms with Crippen LogP contribution in [0.15, 0.2) is 30.3 Å². The molecule has 1 aromatic carbocycles. The molecule has 1 aliphatic heterocycles. The van der Waals surface area contributed by atoms with Gasteiger partial charge in [0.05, 0.1) is 6.04 Å². The van der Waals surface area contributed by atoms with Crippen molar-refractivity contribution in [2.24, 2.45) is 5.73 Å². The van der Waals surface area contributed by atoms with Crippen LogP contribution in [0.1, 0.15) is 11.5 Å². The molecule has 88 valence electrons. The molecule has 0 aromatic heterocycles. The highest BCUT2D eigenvalue weighted by Crippen LogP contribution is 2.22. The monoisotopic (exact) mass is 241 g/mol. The van der Waals surface area contributed by atoms with Gasteiger partial charge in [-0.05, 0) is 5.56 Å². The van der Waals surface area contributed by atoms with Gasteiger partial charge in [-0.1, -0.05) is 30.3 Å². The van der Waals surface area contributed by atoms with Crippen molar-refractivity contribution in [3.05, 3.63) is 35.9 Å². The molecule has 2 amide bonds. The minimum atomic E-state index is -0.454.